The van der Waals surface area contributed by atoms with Crippen molar-refractivity contribution in [1.29, 1.82) is 0 Å². The molecule has 0 bridgehead atoms. The van der Waals surface area contributed by atoms with Crippen LogP contribution in [0.5, 0.6) is 0 Å². The molecule has 0 fully saturated rings. The monoisotopic (exact) mass is 235 g/mol. The molecule has 2 heterocycles. The van der Waals surface area contributed by atoms with E-state index in [0.29, 0.717) is 0 Å². The minimum absolute atomic E-state index is 0.778. The summed E-state index contributed by atoms with van der Waals surface area (Å²) in [6.45, 7) is 0. The van der Waals surface area contributed by atoms with Gasteiger partial charge < -0.3 is 0 Å². The zero-order valence-corrected chi connectivity index (χ0v) is 8.89. The van der Waals surface area contributed by atoms with Gasteiger partial charge in [-0.3, -0.25) is 0 Å². The third-order valence-corrected chi connectivity index (χ3v) is 2.70. The SMILES string of the molecule is [Fe][c]1ccc2ccc3cccnc3c2n1. The molecule has 0 spiro atoms. The van der Waals surface area contributed by atoms with Gasteiger partial charge in [0, 0.05) is 0 Å². The first-order valence-corrected chi connectivity index (χ1v) is 5.18. The quantitative estimate of drug-likeness (QED) is 0.439. The first kappa shape index (κ1) is 8.83. The molecule has 1 aromatic carbocycles. The second kappa shape index (κ2) is 3.30. The number of hydrogen-bond acceptors (Lipinski definition) is 2. The van der Waals surface area contributed by atoms with Crippen molar-refractivity contribution in [2.24, 2.45) is 0 Å². The van der Waals surface area contributed by atoms with Crippen molar-refractivity contribution >= 4 is 26.4 Å². The van der Waals surface area contributed by atoms with Crippen molar-refractivity contribution in [3.8, 4) is 0 Å². The molecule has 0 radical (unpaired) electrons. The zero-order valence-electron chi connectivity index (χ0n) is 7.79. The van der Waals surface area contributed by atoms with E-state index in [-0.39, 0.29) is 0 Å². The predicted octanol–water partition coefficient (Wildman–Crippen LogP) is 1.96. The molecule has 0 aliphatic heterocycles. The number of aromatic nitrogens is 2. The standard InChI is InChI=1S/C12H7N2.Fe/c1-3-9-5-6-10-4-2-8-14-12(10)11(9)13-7-1;/h1-7H;. The van der Waals surface area contributed by atoms with Gasteiger partial charge in [-0.25, -0.2) is 0 Å². The maximum absolute atomic E-state index is 4.43. The van der Waals surface area contributed by atoms with Crippen LogP contribution in [0.1, 0.15) is 0 Å². The Morgan fingerprint density at radius 3 is 2.47 bits per heavy atom. The minimum atomic E-state index is 0.778. The van der Waals surface area contributed by atoms with E-state index < -0.39 is 0 Å². The van der Waals surface area contributed by atoms with E-state index in [0.717, 1.165) is 26.4 Å². The van der Waals surface area contributed by atoms with E-state index in [1.165, 1.54) is 0 Å². The fraction of sp³-hybridized carbons (Fsp3) is 0. The predicted molar refractivity (Wildman–Crippen MR) is 56.7 cm³/mol. The molecule has 0 aliphatic rings. The average molecular weight is 235 g/mol. The molecule has 0 aliphatic carbocycles. The molecule has 0 N–H and O–H groups in total. The fourth-order valence-corrected chi connectivity index (χ4v) is 1.91. The Morgan fingerprint density at radius 2 is 1.60 bits per heavy atom. The van der Waals surface area contributed by atoms with Crippen LogP contribution in [0.25, 0.3) is 21.8 Å². The summed E-state index contributed by atoms with van der Waals surface area (Å²) < 4.78 is 0.778. The first-order valence-electron chi connectivity index (χ1n) is 4.63. The molecule has 0 unspecified atom stereocenters. The fourth-order valence-electron chi connectivity index (χ4n) is 1.70. The molecule has 0 saturated carbocycles. The van der Waals surface area contributed by atoms with Gasteiger partial charge in [0.25, 0.3) is 0 Å². The van der Waals surface area contributed by atoms with Crippen LogP contribution in [0, 0.1) is 0 Å². The third-order valence-electron chi connectivity index (χ3n) is 2.39. The Labute approximate surface area is 95.2 Å². The van der Waals surface area contributed by atoms with Crippen molar-refractivity contribution in [1.82, 2.24) is 9.97 Å². The molecule has 3 rings (SSSR count). The summed E-state index contributed by atoms with van der Waals surface area (Å²) in [5.74, 6) is 0. The summed E-state index contributed by atoms with van der Waals surface area (Å²) in [6.07, 6.45) is 1.79. The molecular formula is C12H7FeN2. The molecule has 73 valence electrons. The Bertz CT molecular complexity index is 649. The molecular weight excluding hydrogens is 228 g/mol. The van der Waals surface area contributed by atoms with E-state index in [1.54, 1.807) is 6.20 Å². The molecule has 2 aromatic heterocycles. The van der Waals surface area contributed by atoms with Gasteiger partial charge in [-0.2, -0.15) is 0 Å². The van der Waals surface area contributed by atoms with Crippen LogP contribution in [-0.4, -0.2) is 9.97 Å². The number of hydrogen-bond donors (Lipinski definition) is 0. The van der Waals surface area contributed by atoms with Gasteiger partial charge in [0.1, 0.15) is 0 Å². The number of fused-ring (bicyclic) bond motifs is 3. The van der Waals surface area contributed by atoms with Crippen molar-refractivity contribution in [3.05, 3.63) is 42.6 Å². The number of pyridine rings is 2. The number of nitrogens with zero attached hydrogens (tertiary/aromatic N) is 2. The Kier molecular flexibility index (Phi) is 1.94. The molecule has 0 amide bonds. The van der Waals surface area contributed by atoms with E-state index in [9.17, 15) is 0 Å². The molecule has 0 saturated heterocycles. The van der Waals surface area contributed by atoms with Gasteiger partial charge in [-0.1, -0.05) is 0 Å². The van der Waals surface area contributed by atoms with Crippen molar-refractivity contribution in [2.75, 3.05) is 0 Å². The van der Waals surface area contributed by atoms with Crippen molar-refractivity contribution in [2.45, 2.75) is 0 Å². The topological polar surface area (TPSA) is 25.8 Å². The van der Waals surface area contributed by atoms with Crippen LogP contribution in [0.2, 0.25) is 0 Å². The van der Waals surface area contributed by atoms with E-state index >= 15 is 0 Å². The summed E-state index contributed by atoms with van der Waals surface area (Å²) in [5, 5.41) is 2.22. The zero-order chi connectivity index (χ0) is 10.3. The van der Waals surface area contributed by atoms with E-state index in [1.807, 2.05) is 24.3 Å². The van der Waals surface area contributed by atoms with Gasteiger partial charge in [0.15, 0.2) is 0 Å². The second-order valence-corrected chi connectivity index (χ2v) is 3.90. The normalized spacial score (nSPS) is 11.0. The van der Waals surface area contributed by atoms with Gasteiger partial charge in [-0.15, -0.1) is 0 Å². The van der Waals surface area contributed by atoms with Crippen LogP contribution in [0.15, 0.2) is 42.6 Å². The van der Waals surface area contributed by atoms with Gasteiger partial charge >= 0.3 is 95.0 Å². The molecule has 2 nitrogen and oxygen atoms in total. The summed E-state index contributed by atoms with van der Waals surface area (Å²) in [7, 11) is 0. The second-order valence-electron chi connectivity index (χ2n) is 3.33. The molecule has 3 heteroatoms. The maximum atomic E-state index is 4.43. The van der Waals surface area contributed by atoms with Gasteiger partial charge in [0.05, 0.1) is 0 Å². The summed E-state index contributed by atoms with van der Waals surface area (Å²) in [5.41, 5.74) is 1.88. The van der Waals surface area contributed by atoms with Crippen LogP contribution in [0.3, 0.4) is 0 Å². The summed E-state index contributed by atoms with van der Waals surface area (Å²) in [4.78, 5) is 8.79. The Morgan fingerprint density at radius 1 is 0.867 bits per heavy atom. The van der Waals surface area contributed by atoms with Gasteiger partial charge in [0.2, 0.25) is 0 Å². The molecule has 15 heavy (non-hydrogen) atoms. The first-order chi connectivity index (χ1) is 7.34. The summed E-state index contributed by atoms with van der Waals surface area (Å²) in [6, 6.07) is 12.0. The van der Waals surface area contributed by atoms with Crippen molar-refractivity contribution in [3.63, 3.8) is 0 Å². The van der Waals surface area contributed by atoms with E-state index in [2.05, 4.69) is 38.1 Å². The van der Waals surface area contributed by atoms with E-state index in [4.69, 9.17) is 0 Å². The third kappa shape index (κ3) is 1.41. The molecule has 0 atom stereocenters. The van der Waals surface area contributed by atoms with Crippen LogP contribution in [-0.2, 0) is 16.0 Å². The van der Waals surface area contributed by atoms with Crippen LogP contribution < -0.4 is 4.59 Å². The van der Waals surface area contributed by atoms with Crippen molar-refractivity contribution < 1.29 is 16.0 Å². The number of benzene rings is 1. The van der Waals surface area contributed by atoms with Crippen LogP contribution in [0.4, 0.5) is 0 Å². The van der Waals surface area contributed by atoms with Gasteiger partial charge in [-0.05, 0) is 0 Å². The number of rotatable bonds is 0. The van der Waals surface area contributed by atoms with Crippen LogP contribution >= 0.6 is 0 Å². The average Bonchev–Trinajstić information content (AvgIpc) is 2.29. The molecule has 3 aromatic rings. The Balaban J connectivity index is 2.57. The summed E-state index contributed by atoms with van der Waals surface area (Å²) >= 11 is 3.84. The Hall–Kier alpha value is -1.44.